The van der Waals surface area contributed by atoms with E-state index in [0.717, 1.165) is 0 Å². The first kappa shape index (κ1) is 14.9. The van der Waals surface area contributed by atoms with Gasteiger partial charge in [0.25, 0.3) is 0 Å². The Morgan fingerprint density at radius 2 is 1.85 bits per heavy atom. The van der Waals surface area contributed by atoms with Gasteiger partial charge in [-0.25, -0.2) is 4.79 Å². The maximum absolute atomic E-state index is 12.7. The molecule has 0 heterocycles. The van der Waals surface area contributed by atoms with Crippen LogP contribution in [0.25, 0.3) is 0 Å². The smallest absolute Gasteiger partial charge is 0.411 e. The number of urea groups is 1. The van der Waals surface area contributed by atoms with Crippen LogP contribution >= 0.6 is 0 Å². The third-order valence-electron chi connectivity index (χ3n) is 4.00. The van der Waals surface area contributed by atoms with Crippen LogP contribution in [-0.4, -0.2) is 34.9 Å². The highest BCUT2D eigenvalue weighted by molar-refractivity contribution is 5.76. The van der Waals surface area contributed by atoms with Gasteiger partial charge in [0.1, 0.15) is 5.54 Å². The quantitative estimate of drug-likeness (QED) is 0.745. The first-order chi connectivity index (χ1) is 9.23. The Balaban J connectivity index is 1.85. The van der Waals surface area contributed by atoms with Crippen molar-refractivity contribution in [3.63, 3.8) is 0 Å². The standard InChI is InChI=1S/C12H17F3N2O3/c13-12(14,15)11(4-5-11)17-10(20)16-8-3-1-2-7(6-8)9(18)19/h7-8H,1-6H2,(H,18,19)(H2,16,17,20). The number of amides is 2. The molecule has 2 rings (SSSR count). The summed E-state index contributed by atoms with van der Waals surface area (Å²) in [5, 5.41) is 13.4. The second-order valence-corrected chi connectivity index (χ2v) is 5.58. The fourth-order valence-electron chi connectivity index (χ4n) is 2.59. The molecule has 0 aromatic heterocycles. The second-order valence-electron chi connectivity index (χ2n) is 5.58. The van der Waals surface area contributed by atoms with Crippen LogP contribution < -0.4 is 10.6 Å². The minimum atomic E-state index is -4.44. The van der Waals surface area contributed by atoms with Gasteiger partial charge in [-0.15, -0.1) is 0 Å². The van der Waals surface area contributed by atoms with Crippen molar-refractivity contribution < 1.29 is 27.9 Å². The molecule has 8 heteroatoms. The van der Waals surface area contributed by atoms with Crippen molar-refractivity contribution in [1.29, 1.82) is 0 Å². The molecule has 0 bridgehead atoms. The first-order valence-electron chi connectivity index (χ1n) is 6.62. The van der Waals surface area contributed by atoms with Crippen LogP contribution in [0.1, 0.15) is 38.5 Å². The van der Waals surface area contributed by atoms with Gasteiger partial charge in [0, 0.05) is 6.04 Å². The lowest BCUT2D eigenvalue weighted by Gasteiger charge is -2.28. The molecule has 3 N–H and O–H groups in total. The number of alkyl halides is 3. The van der Waals surface area contributed by atoms with Gasteiger partial charge in [0.15, 0.2) is 0 Å². The van der Waals surface area contributed by atoms with E-state index in [4.69, 9.17) is 5.11 Å². The number of carbonyl (C=O) groups excluding carboxylic acids is 1. The topological polar surface area (TPSA) is 78.4 Å². The molecule has 2 atom stereocenters. The van der Waals surface area contributed by atoms with Crippen LogP contribution in [0.5, 0.6) is 0 Å². The number of hydrogen-bond donors (Lipinski definition) is 3. The van der Waals surface area contributed by atoms with Crippen molar-refractivity contribution in [2.75, 3.05) is 0 Å². The molecular formula is C12H17F3N2O3. The summed E-state index contributed by atoms with van der Waals surface area (Å²) in [7, 11) is 0. The summed E-state index contributed by atoms with van der Waals surface area (Å²) in [5.74, 6) is -1.46. The summed E-state index contributed by atoms with van der Waals surface area (Å²) in [6, 6.07) is -1.25. The molecule has 5 nitrogen and oxygen atoms in total. The van der Waals surface area contributed by atoms with E-state index in [9.17, 15) is 22.8 Å². The lowest BCUT2D eigenvalue weighted by molar-refractivity contribution is -0.162. The molecule has 20 heavy (non-hydrogen) atoms. The Hall–Kier alpha value is -1.47. The van der Waals surface area contributed by atoms with Crippen molar-refractivity contribution in [3.8, 4) is 0 Å². The van der Waals surface area contributed by atoms with Crippen molar-refractivity contribution in [1.82, 2.24) is 10.6 Å². The van der Waals surface area contributed by atoms with E-state index in [0.29, 0.717) is 19.3 Å². The molecule has 2 saturated carbocycles. The summed E-state index contributed by atoms with van der Waals surface area (Å²) in [6.45, 7) is 0. The van der Waals surface area contributed by atoms with Crippen molar-refractivity contribution in [3.05, 3.63) is 0 Å². The van der Waals surface area contributed by atoms with Crippen molar-refractivity contribution in [2.45, 2.75) is 56.3 Å². The minimum Gasteiger partial charge on any atom is -0.481 e. The Kier molecular flexibility index (Phi) is 3.84. The van der Waals surface area contributed by atoms with Crippen LogP contribution in [0, 0.1) is 5.92 Å². The monoisotopic (exact) mass is 294 g/mol. The lowest BCUT2D eigenvalue weighted by atomic mass is 9.86. The van der Waals surface area contributed by atoms with Crippen molar-refractivity contribution >= 4 is 12.0 Å². The van der Waals surface area contributed by atoms with Gasteiger partial charge in [0.2, 0.25) is 0 Å². The third-order valence-corrected chi connectivity index (χ3v) is 4.00. The molecule has 0 spiro atoms. The first-order valence-corrected chi connectivity index (χ1v) is 6.62. The number of nitrogens with one attached hydrogen (secondary N) is 2. The highest BCUT2D eigenvalue weighted by Gasteiger charge is 2.64. The third kappa shape index (κ3) is 3.16. The van der Waals surface area contributed by atoms with E-state index < -0.39 is 29.6 Å². The zero-order chi connectivity index (χ0) is 15.0. The molecule has 0 aliphatic heterocycles. The summed E-state index contributed by atoms with van der Waals surface area (Å²) in [4.78, 5) is 22.5. The molecule has 0 aromatic carbocycles. The minimum absolute atomic E-state index is 0.105. The van der Waals surface area contributed by atoms with Crippen LogP contribution in [0.15, 0.2) is 0 Å². The molecule has 2 aliphatic rings. The van der Waals surface area contributed by atoms with Crippen molar-refractivity contribution in [2.24, 2.45) is 5.92 Å². The normalized spacial score (nSPS) is 28.6. The van der Waals surface area contributed by atoms with Gasteiger partial charge in [-0.05, 0) is 32.1 Å². The molecule has 2 aliphatic carbocycles. The number of carbonyl (C=O) groups is 2. The van der Waals surface area contributed by atoms with Gasteiger partial charge in [-0.2, -0.15) is 13.2 Å². The molecule has 0 radical (unpaired) electrons. The summed E-state index contributed by atoms with van der Waals surface area (Å²) < 4.78 is 38.0. The average molecular weight is 294 g/mol. The van der Waals surface area contributed by atoms with Crippen LogP contribution in [-0.2, 0) is 4.79 Å². The fraction of sp³-hybridized carbons (Fsp3) is 0.833. The number of hydrogen-bond acceptors (Lipinski definition) is 2. The van der Waals surface area contributed by atoms with Crippen LogP contribution in [0.2, 0.25) is 0 Å². The maximum atomic E-state index is 12.7. The Morgan fingerprint density at radius 1 is 1.20 bits per heavy atom. The number of rotatable bonds is 3. The van der Waals surface area contributed by atoms with Gasteiger partial charge < -0.3 is 15.7 Å². The molecule has 0 aromatic rings. The highest BCUT2D eigenvalue weighted by Crippen LogP contribution is 2.48. The number of carboxylic acid groups (broad SMARTS) is 1. The fourth-order valence-corrected chi connectivity index (χ4v) is 2.59. The van der Waals surface area contributed by atoms with E-state index in [1.165, 1.54) is 0 Å². The Labute approximate surface area is 113 Å². The largest absolute Gasteiger partial charge is 0.481 e. The molecule has 114 valence electrons. The second kappa shape index (κ2) is 5.14. The Bertz CT molecular complexity index is 407. The molecule has 2 fully saturated rings. The molecule has 2 unspecified atom stereocenters. The number of aliphatic carboxylic acids is 1. The SMILES string of the molecule is O=C(NC1CCCC(C(=O)O)C1)NC1(C(F)(F)F)CC1. The summed E-state index contributed by atoms with van der Waals surface area (Å²) >= 11 is 0. The molecule has 2 amide bonds. The Morgan fingerprint density at radius 3 is 2.35 bits per heavy atom. The molecular weight excluding hydrogens is 277 g/mol. The highest BCUT2D eigenvalue weighted by atomic mass is 19.4. The van der Waals surface area contributed by atoms with Gasteiger partial charge in [0.05, 0.1) is 5.92 Å². The van der Waals surface area contributed by atoms with Gasteiger partial charge >= 0.3 is 18.2 Å². The average Bonchev–Trinajstić information content (AvgIpc) is 3.09. The van der Waals surface area contributed by atoms with E-state index in [1.807, 2.05) is 5.32 Å². The van der Waals surface area contributed by atoms with E-state index in [2.05, 4.69) is 5.32 Å². The predicted molar refractivity (Wildman–Crippen MR) is 63.1 cm³/mol. The lowest BCUT2D eigenvalue weighted by Crippen LogP contribution is -2.54. The number of halogens is 3. The van der Waals surface area contributed by atoms with Crippen LogP contribution in [0.4, 0.5) is 18.0 Å². The predicted octanol–water partition coefficient (Wildman–Crippen LogP) is 2.02. The number of carboxylic acids is 1. The van der Waals surface area contributed by atoms with Gasteiger partial charge in [-0.1, -0.05) is 6.42 Å². The van der Waals surface area contributed by atoms with E-state index in [-0.39, 0.29) is 25.3 Å². The zero-order valence-electron chi connectivity index (χ0n) is 10.8. The van der Waals surface area contributed by atoms with Gasteiger partial charge in [-0.3, -0.25) is 4.79 Å². The maximum Gasteiger partial charge on any atom is 0.411 e. The molecule has 0 saturated heterocycles. The zero-order valence-corrected chi connectivity index (χ0v) is 10.8. The van der Waals surface area contributed by atoms with E-state index >= 15 is 0 Å². The van der Waals surface area contributed by atoms with Crippen LogP contribution in [0.3, 0.4) is 0 Å². The summed E-state index contributed by atoms with van der Waals surface area (Å²) in [5.41, 5.74) is -2.09. The summed E-state index contributed by atoms with van der Waals surface area (Å²) in [6.07, 6.45) is -2.61. The van der Waals surface area contributed by atoms with E-state index in [1.54, 1.807) is 0 Å².